The summed E-state index contributed by atoms with van der Waals surface area (Å²) in [5.74, 6) is 1.75. The highest BCUT2D eigenvalue weighted by molar-refractivity contribution is 6.41. The number of aromatic nitrogens is 3. The molecule has 0 aliphatic carbocycles. The molecule has 4 N–H and O–H groups in total. The van der Waals surface area contributed by atoms with E-state index in [0.717, 1.165) is 5.39 Å². The molecule has 11 nitrogen and oxygen atoms in total. The molecule has 2 fully saturated rings. The number of anilines is 2. The molecule has 3 atom stereocenters. The molecule has 3 aromatic rings. The number of hydrogen-bond acceptors (Lipinski definition) is 11. The number of pyridine rings is 1. The van der Waals surface area contributed by atoms with E-state index in [0.29, 0.717) is 76.5 Å². The molecule has 2 aromatic heterocycles. The normalized spacial score (nSPS) is 20.1. The Hall–Kier alpha value is -2.93. The maximum absolute atomic E-state index is 9.91. The minimum atomic E-state index is -0.847. The van der Waals surface area contributed by atoms with Gasteiger partial charge in [0.1, 0.15) is 23.2 Å². The van der Waals surface area contributed by atoms with Gasteiger partial charge in [-0.15, -0.1) is 0 Å². The lowest BCUT2D eigenvalue weighted by molar-refractivity contribution is 0.0210. The number of aliphatic hydroxyl groups is 1. The summed E-state index contributed by atoms with van der Waals surface area (Å²) >= 11 is 13.4. The second kappa shape index (κ2) is 11.4. The highest BCUT2D eigenvalue weighted by atomic mass is 35.5. The molecular weight excluding hydrogens is 535 g/mol. The Balaban J connectivity index is 1.55. The van der Waals surface area contributed by atoms with Crippen molar-refractivity contribution in [3.05, 3.63) is 41.0 Å². The van der Waals surface area contributed by atoms with Crippen LogP contribution in [-0.2, 0) is 9.47 Å². The number of halogens is 2. The Morgan fingerprint density at radius 1 is 1.03 bits per heavy atom. The minimum Gasteiger partial charge on any atom is -0.495 e. The predicted molar refractivity (Wildman–Crippen MR) is 145 cm³/mol. The number of nitrogens with one attached hydrogen (secondary N) is 3. The Kier molecular flexibility index (Phi) is 8.03. The summed E-state index contributed by atoms with van der Waals surface area (Å²) in [6, 6.07) is 3.21. The maximum Gasteiger partial charge on any atom is 0.223 e. The van der Waals surface area contributed by atoms with Crippen LogP contribution < -0.4 is 25.4 Å². The van der Waals surface area contributed by atoms with Crippen LogP contribution in [-0.4, -0.2) is 85.1 Å². The summed E-state index contributed by atoms with van der Waals surface area (Å²) in [7, 11) is 3.04. The maximum atomic E-state index is 9.91. The summed E-state index contributed by atoms with van der Waals surface area (Å²) in [5.41, 5.74) is 1.58. The van der Waals surface area contributed by atoms with Gasteiger partial charge in [0.2, 0.25) is 5.95 Å². The van der Waals surface area contributed by atoms with E-state index < -0.39 is 6.23 Å². The third-order valence-electron chi connectivity index (χ3n) is 6.38. The number of nitrogens with zero attached hydrogens (tertiary/aromatic N) is 3. The molecule has 0 radical (unpaired) electrons. The Bertz CT molecular complexity index is 1310. The van der Waals surface area contributed by atoms with Crippen LogP contribution in [0.2, 0.25) is 10.0 Å². The predicted octanol–water partition coefficient (Wildman–Crippen LogP) is 3.10. The molecule has 4 heterocycles. The molecule has 38 heavy (non-hydrogen) atoms. The van der Waals surface area contributed by atoms with E-state index in [-0.39, 0.29) is 18.1 Å². The standard InChI is InChI=1S/C25H28Cl2N6O5/c1-4-19(34)30-15-10-38-11-16(15)32-25-28-7-12-5-14(31-24(23(12)33-25)29-13-8-37-9-13)20-21(26)17(35-2)6-18(36-3)22(20)27/h4-7,13,15-16,19,30,34H,1,8-11H2,2-3H3,(H,29,31)(H,28,32,33)/t15-,16+,19?/m0/s1. The fourth-order valence-electron chi connectivity index (χ4n) is 4.27. The summed E-state index contributed by atoms with van der Waals surface area (Å²) < 4.78 is 21.8. The van der Waals surface area contributed by atoms with E-state index in [1.165, 1.54) is 20.3 Å². The number of benzene rings is 1. The molecule has 2 aliphatic heterocycles. The topological polar surface area (TPSA) is 132 Å². The average molecular weight is 563 g/mol. The first-order valence-electron chi connectivity index (χ1n) is 11.9. The van der Waals surface area contributed by atoms with Crippen molar-refractivity contribution in [1.82, 2.24) is 20.3 Å². The van der Waals surface area contributed by atoms with Crippen LogP contribution in [0.3, 0.4) is 0 Å². The molecule has 202 valence electrons. The monoisotopic (exact) mass is 562 g/mol. The number of aliphatic hydroxyl groups excluding tert-OH is 1. The van der Waals surface area contributed by atoms with E-state index in [1.807, 2.05) is 6.07 Å². The number of rotatable bonds is 10. The summed E-state index contributed by atoms with van der Waals surface area (Å²) in [6.07, 6.45) is 2.28. The molecule has 0 saturated carbocycles. The first-order valence-corrected chi connectivity index (χ1v) is 12.7. The highest BCUT2D eigenvalue weighted by Gasteiger charge is 2.30. The molecule has 0 amide bonds. The second-order valence-corrected chi connectivity index (χ2v) is 9.65. The molecule has 0 spiro atoms. The highest BCUT2D eigenvalue weighted by Crippen LogP contribution is 2.46. The van der Waals surface area contributed by atoms with E-state index in [4.69, 9.17) is 52.1 Å². The lowest BCUT2D eigenvalue weighted by Gasteiger charge is -2.28. The molecule has 1 aromatic carbocycles. The van der Waals surface area contributed by atoms with Crippen LogP contribution in [0.25, 0.3) is 22.2 Å². The Morgan fingerprint density at radius 2 is 1.71 bits per heavy atom. The average Bonchev–Trinajstić information content (AvgIpc) is 3.32. The van der Waals surface area contributed by atoms with Crippen LogP contribution in [0.4, 0.5) is 11.8 Å². The van der Waals surface area contributed by atoms with Gasteiger partial charge in [-0.05, 0) is 12.1 Å². The Morgan fingerprint density at radius 3 is 2.34 bits per heavy atom. The van der Waals surface area contributed by atoms with Crippen LogP contribution in [0.5, 0.6) is 11.5 Å². The van der Waals surface area contributed by atoms with Crippen LogP contribution in [0.15, 0.2) is 31.0 Å². The third-order valence-corrected chi connectivity index (χ3v) is 7.13. The molecule has 1 unspecified atom stereocenters. The number of ether oxygens (including phenoxy) is 4. The zero-order valence-corrected chi connectivity index (χ0v) is 22.3. The van der Waals surface area contributed by atoms with Gasteiger partial charge in [-0.25, -0.2) is 15.0 Å². The zero-order chi connectivity index (χ0) is 26.8. The van der Waals surface area contributed by atoms with Crippen LogP contribution in [0, 0.1) is 0 Å². The van der Waals surface area contributed by atoms with Crippen molar-refractivity contribution < 1.29 is 24.1 Å². The first-order chi connectivity index (χ1) is 18.4. The van der Waals surface area contributed by atoms with Crippen molar-refractivity contribution in [3.63, 3.8) is 0 Å². The Labute approximate surface area is 229 Å². The summed E-state index contributed by atoms with van der Waals surface area (Å²) in [6.45, 7) is 5.56. The number of methoxy groups -OCH3 is 2. The van der Waals surface area contributed by atoms with Crippen LogP contribution >= 0.6 is 23.2 Å². The van der Waals surface area contributed by atoms with E-state index in [9.17, 15) is 5.11 Å². The first kappa shape index (κ1) is 26.7. The summed E-state index contributed by atoms with van der Waals surface area (Å²) in [4.78, 5) is 14.1. The fourth-order valence-corrected chi connectivity index (χ4v) is 4.97. The van der Waals surface area contributed by atoms with E-state index >= 15 is 0 Å². The van der Waals surface area contributed by atoms with Gasteiger partial charge in [-0.3, -0.25) is 5.32 Å². The van der Waals surface area contributed by atoms with Gasteiger partial charge in [0.25, 0.3) is 0 Å². The molecule has 0 bridgehead atoms. The van der Waals surface area contributed by atoms with Crippen molar-refractivity contribution in [1.29, 1.82) is 0 Å². The lowest BCUT2D eigenvalue weighted by Crippen LogP contribution is -2.47. The number of hydrogen-bond donors (Lipinski definition) is 4. The fraction of sp³-hybridized carbons (Fsp3) is 0.400. The van der Waals surface area contributed by atoms with Gasteiger partial charge in [-0.1, -0.05) is 29.8 Å². The third kappa shape index (κ3) is 5.31. The van der Waals surface area contributed by atoms with Crippen molar-refractivity contribution in [3.8, 4) is 22.8 Å². The van der Waals surface area contributed by atoms with Crippen LogP contribution in [0.1, 0.15) is 0 Å². The van der Waals surface area contributed by atoms with E-state index in [1.54, 1.807) is 12.3 Å². The lowest BCUT2D eigenvalue weighted by atomic mass is 10.1. The van der Waals surface area contributed by atoms with Gasteiger partial charge in [0.05, 0.1) is 74.5 Å². The summed E-state index contributed by atoms with van der Waals surface area (Å²) in [5, 5.41) is 21.0. The van der Waals surface area contributed by atoms with Gasteiger partial charge in [0, 0.05) is 23.2 Å². The SMILES string of the molecule is C=CC(O)N[C@H]1COC[C@H]1Nc1ncc2cc(-c3c(Cl)c(OC)cc(OC)c3Cl)nc(NC3COC3)c2n1. The zero-order valence-electron chi connectivity index (χ0n) is 20.8. The van der Waals surface area contributed by atoms with Gasteiger partial charge in [0.15, 0.2) is 5.82 Å². The van der Waals surface area contributed by atoms with Crippen molar-refractivity contribution in [2.45, 2.75) is 24.4 Å². The molecule has 2 aliphatic rings. The van der Waals surface area contributed by atoms with Crippen molar-refractivity contribution in [2.75, 3.05) is 51.3 Å². The van der Waals surface area contributed by atoms with Gasteiger partial charge >= 0.3 is 0 Å². The van der Waals surface area contributed by atoms with Crippen molar-refractivity contribution >= 4 is 45.9 Å². The molecular formula is C25H28Cl2N6O5. The smallest absolute Gasteiger partial charge is 0.223 e. The number of fused-ring (bicyclic) bond motifs is 1. The molecule has 2 saturated heterocycles. The van der Waals surface area contributed by atoms with E-state index in [2.05, 4.69) is 27.5 Å². The molecule has 5 rings (SSSR count). The quantitative estimate of drug-likeness (QED) is 0.214. The second-order valence-electron chi connectivity index (χ2n) is 8.89. The largest absolute Gasteiger partial charge is 0.495 e. The van der Waals surface area contributed by atoms with Gasteiger partial charge in [-0.2, -0.15) is 0 Å². The van der Waals surface area contributed by atoms with Gasteiger partial charge < -0.3 is 34.7 Å². The molecule has 13 heteroatoms. The van der Waals surface area contributed by atoms with Crippen molar-refractivity contribution in [2.24, 2.45) is 0 Å². The minimum absolute atomic E-state index is 0.0790.